The first kappa shape index (κ1) is 20.9. The Morgan fingerprint density at radius 1 is 1.10 bits per heavy atom. The lowest BCUT2D eigenvalue weighted by atomic mass is 9.43. The van der Waals surface area contributed by atoms with Crippen LogP contribution in [-0.4, -0.2) is 52.1 Å². The van der Waals surface area contributed by atoms with E-state index in [4.69, 9.17) is 40.2 Å². The average Bonchev–Trinajstić information content (AvgIpc) is 2.99. The molecule has 6 rings (SSSR count). The fraction of sp³-hybridized carbons (Fsp3) is 0.391. The topological polar surface area (TPSA) is 44.8 Å². The number of thiocarbonyl (C=S) groups is 1. The fourth-order valence-corrected chi connectivity index (χ4v) is 5.92. The summed E-state index contributed by atoms with van der Waals surface area (Å²) >= 11 is 17.7. The van der Waals surface area contributed by atoms with Gasteiger partial charge in [-0.05, 0) is 73.4 Å². The van der Waals surface area contributed by atoms with E-state index >= 15 is 0 Å². The molecule has 1 aliphatic heterocycles. The van der Waals surface area contributed by atoms with Crippen LogP contribution in [0, 0.1) is 0 Å². The molecule has 2 aromatic carbocycles. The highest BCUT2D eigenvalue weighted by atomic mass is 35.5. The Kier molecular flexibility index (Phi) is 5.07. The third kappa shape index (κ3) is 3.65. The van der Waals surface area contributed by atoms with Crippen molar-refractivity contribution in [1.82, 2.24) is 15.1 Å². The van der Waals surface area contributed by atoms with Crippen LogP contribution >= 0.6 is 35.4 Å². The highest BCUT2D eigenvalue weighted by Gasteiger charge is 2.72. The maximum absolute atomic E-state index is 12.4. The van der Waals surface area contributed by atoms with Crippen LogP contribution in [0.2, 0.25) is 10.0 Å². The Hall–Kier alpha value is -2.02. The molecule has 0 unspecified atom stereocenters. The molecule has 0 radical (unpaired) electrons. The minimum absolute atomic E-state index is 0.000112. The van der Waals surface area contributed by atoms with Gasteiger partial charge in [-0.2, -0.15) is 0 Å². The van der Waals surface area contributed by atoms with Crippen LogP contribution in [0.4, 0.5) is 0 Å². The summed E-state index contributed by atoms with van der Waals surface area (Å²) in [5, 5.41) is 5.43. The number of amides is 1. The molecule has 0 aromatic heterocycles. The van der Waals surface area contributed by atoms with Gasteiger partial charge in [-0.25, -0.2) is 0 Å². The first-order chi connectivity index (χ1) is 14.8. The number of hydrogen-bond donors (Lipinski definition) is 1. The SMILES string of the molecule is CN1C(=S)N(C23CC(NC(=O)COc4ccc(Cl)cc4)(C2)C3)C[C@H]1c1ccc(Cl)cc1. The summed E-state index contributed by atoms with van der Waals surface area (Å²) in [5.41, 5.74) is 1.16. The Morgan fingerprint density at radius 2 is 1.68 bits per heavy atom. The number of carbonyl (C=O) groups excluding carboxylic acids is 1. The molecule has 0 spiro atoms. The van der Waals surface area contributed by atoms with Crippen LogP contribution in [0.1, 0.15) is 30.9 Å². The number of halogens is 2. The number of benzene rings is 2. The molecule has 3 saturated carbocycles. The Morgan fingerprint density at radius 3 is 2.29 bits per heavy atom. The van der Waals surface area contributed by atoms with Crippen LogP contribution < -0.4 is 10.1 Å². The van der Waals surface area contributed by atoms with Crippen LogP contribution in [0.5, 0.6) is 5.75 Å². The van der Waals surface area contributed by atoms with Gasteiger partial charge in [0.25, 0.3) is 5.91 Å². The van der Waals surface area contributed by atoms with E-state index in [0.717, 1.165) is 35.9 Å². The largest absolute Gasteiger partial charge is 0.484 e. The van der Waals surface area contributed by atoms with E-state index in [0.29, 0.717) is 10.8 Å². The number of carbonyl (C=O) groups is 1. The molecule has 1 atom stereocenters. The quantitative estimate of drug-likeness (QED) is 0.625. The highest BCUT2D eigenvalue weighted by Crippen LogP contribution is 2.64. The van der Waals surface area contributed by atoms with Crippen molar-refractivity contribution >= 4 is 46.4 Å². The lowest BCUT2D eigenvalue weighted by Gasteiger charge is -2.73. The predicted molar refractivity (Wildman–Crippen MR) is 126 cm³/mol. The van der Waals surface area contributed by atoms with Crippen molar-refractivity contribution in [1.29, 1.82) is 0 Å². The summed E-state index contributed by atoms with van der Waals surface area (Å²) in [6.45, 7) is 0.862. The first-order valence-corrected chi connectivity index (χ1v) is 11.5. The molecular formula is C23H23Cl2N3O2S. The summed E-state index contributed by atoms with van der Waals surface area (Å²) < 4.78 is 5.56. The maximum Gasteiger partial charge on any atom is 0.258 e. The molecule has 31 heavy (non-hydrogen) atoms. The van der Waals surface area contributed by atoms with Crippen LogP contribution in [0.3, 0.4) is 0 Å². The van der Waals surface area contributed by atoms with E-state index in [-0.39, 0.29) is 29.6 Å². The van der Waals surface area contributed by atoms with E-state index < -0.39 is 0 Å². The molecule has 2 bridgehead atoms. The third-order valence-corrected chi connectivity index (χ3v) is 7.79. The Balaban J connectivity index is 1.16. The van der Waals surface area contributed by atoms with Gasteiger partial charge in [0.1, 0.15) is 5.75 Å². The van der Waals surface area contributed by atoms with Gasteiger partial charge in [-0.15, -0.1) is 0 Å². The summed E-state index contributed by atoms with van der Waals surface area (Å²) in [6, 6.07) is 15.2. The zero-order chi connectivity index (χ0) is 21.8. The third-order valence-electron chi connectivity index (χ3n) is 6.77. The van der Waals surface area contributed by atoms with Crippen molar-refractivity contribution in [3.8, 4) is 5.75 Å². The molecule has 4 aliphatic rings. The van der Waals surface area contributed by atoms with Gasteiger partial charge in [-0.1, -0.05) is 35.3 Å². The predicted octanol–water partition coefficient (Wildman–Crippen LogP) is 4.44. The molecule has 8 heteroatoms. The zero-order valence-electron chi connectivity index (χ0n) is 17.1. The first-order valence-electron chi connectivity index (χ1n) is 10.3. The van der Waals surface area contributed by atoms with Crippen LogP contribution in [0.25, 0.3) is 0 Å². The second-order valence-electron chi connectivity index (χ2n) is 8.90. The van der Waals surface area contributed by atoms with Gasteiger partial charge in [-0.3, -0.25) is 4.79 Å². The zero-order valence-corrected chi connectivity index (χ0v) is 19.4. The number of nitrogens with zero attached hydrogens (tertiary/aromatic N) is 2. The molecule has 162 valence electrons. The van der Waals surface area contributed by atoms with Crippen molar-refractivity contribution in [2.45, 2.75) is 36.4 Å². The van der Waals surface area contributed by atoms with Gasteiger partial charge in [0.05, 0.1) is 6.04 Å². The van der Waals surface area contributed by atoms with Crippen molar-refractivity contribution in [2.75, 3.05) is 20.2 Å². The van der Waals surface area contributed by atoms with Crippen LogP contribution in [-0.2, 0) is 4.79 Å². The highest BCUT2D eigenvalue weighted by molar-refractivity contribution is 7.80. The smallest absolute Gasteiger partial charge is 0.258 e. The lowest BCUT2D eigenvalue weighted by Crippen LogP contribution is -2.84. The number of likely N-dealkylation sites (N-methyl/N-ethyl adjacent to an activating group) is 1. The number of ether oxygens (including phenoxy) is 1. The molecule has 1 heterocycles. The van der Waals surface area contributed by atoms with Crippen molar-refractivity contribution < 1.29 is 9.53 Å². The van der Waals surface area contributed by atoms with E-state index in [2.05, 4.69) is 34.3 Å². The Labute approximate surface area is 197 Å². The second kappa shape index (κ2) is 7.54. The molecule has 3 aliphatic carbocycles. The minimum Gasteiger partial charge on any atom is -0.484 e. The van der Waals surface area contributed by atoms with Gasteiger partial charge in [0.15, 0.2) is 11.7 Å². The minimum atomic E-state index is -0.118. The molecular weight excluding hydrogens is 453 g/mol. The van der Waals surface area contributed by atoms with Crippen LogP contribution in [0.15, 0.2) is 48.5 Å². The molecule has 2 aromatic rings. The molecule has 1 N–H and O–H groups in total. The molecule has 4 fully saturated rings. The average molecular weight is 476 g/mol. The maximum atomic E-state index is 12.4. The van der Waals surface area contributed by atoms with E-state index in [1.807, 2.05) is 12.1 Å². The number of rotatable bonds is 6. The van der Waals surface area contributed by atoms with E-state index in [1.165, 1.54) is 5.56 Å². The fourth-order valence-electron chi connectivity index (χ4n) is 5.27. The van der Waals surface area contributed by atoms with Crippen molar-refractivity contribution in [3.63, 3.8) is 0 Å². The summed E-state index contributed by atoms with van der Waals surface area (Å²) in [7, 11) is 2.05. The standard InChI is InChI=1S/C23H23Cl2N3O2S/c1-27-19(15-2-4-16(24)5-3-15)10-28(21(27)31)23-12-22(13-23,14-23)26-20(29)11-30-18-8-6-17(25)7-9-18/h2-9,19H,10-14H2,1H3,(H,26,29)/t19-,22?,23?/m0/s1. The number of nitrogens with one attached hydrogen (secondary N) is 1. The van der Waals surface area contributed by atoms with Crippen molar-refractivity contribution in [2.24, 2.45) is 0 Å². The van der Waals surface area contributed by atoms with Gasteiger partial charge in [0.2, 0.25) is 0 Å². The normalized spacial score (nSPS) is 28.7. The monoisotopic (exact) mass is 475 g/mol. The van der Waals surface area contributed by atoms with Gasteiger partial charge >= 0.3 is 0 Å². The summed E-state index contributed by atoms with van der Waals surface area (Å²) in [4.78, 5) is 16.9. The molecule has 1 saturated heterocycles. The van der Waals surface area contributed by atoms with Gasteiger partial charge < -0.3 is 19.9 Å². The number of hydrogen-bond acceptors (Lipinski definition) is 3. The van der Waals surface area contributed by atoms with Gasteiger partial charge in [0, 0.05) is 34.7 Å². The lowest BCUT2D eigenvalue weighted by molar-refractivity contribution is -0.163. The Bertz CT molecular complexity index is 1010. The molecule has 1 amide bonds. The second-order valence-corrected chi connectivity index (χ2v) is 10.1. The molecule has 5 nitrogen and oxygen atoms in total. The summed E-state index contributed by atoms with van der Waals surface area (Å²) in [6.07, 6.45) is 2.77. The van der Waals surface area contributed by atoms with E-state index in [1.54, 1.807) is 24.3 Å². The van der Waals surface area contributed by atoms with E-state index in [9.17, 15) is 4.79 Å². The van der Waals surface area contributed by atoms with Crippen molar-refractivity contribution in [3.05, 3.63) is 64.1 Å². The summed E-state index contributed by atoms with van der Waals surface area (Å²) in [5.74, 6) is 0.538.